The molecule has 1 aliphatic rings. The van der Waals surface area contributed by atoms with Gasteiger partial charge in [0, 0.05) is 0 Å². The molecular formula is C18H18N2OS. The molecule has 4 heteroatoms. The highest BCUT2D eigenvalue weighted by Gasteiger charge is 2.29. The van der Waals surface area contributed by atoms with Crippen LogP contribution in [0, 0.1) is 6.92 Å². The first-order valence-corrected chi connectivity index (χ1v) is 8.25. The molecule has 3 nitrogen and oxygen atoms in total. The third-order valence-electron chi connectivity index (χ3n) is 3.58. The Morgan fingerprint density at radius 3 is 2.55 bits per heavy atom. The zero-order valence-corrected chi connectivity index (χ0v) is 13.3. The number of nitrogens with zero attached hydrogens (tertiary/aromatic N) is 1. The minimum Gasteiger partial charge on any atom is -0.304 e. The summed E-state index contributed by atoms with van der Waals surface area (Å²) in [5.41, 5.74) is 3.34. The SMILES string of the molecule is Cc1ccc(N=C2NC(=O)C(CCc3ccccc3)S2)cc1. The van der Waals surface area contributed by atoms with Gasteiger partial charge in [-0.05, 0) is 37.5 Å². The number of carbonyl (C=O) groups is 1. The van der Waals surface area contributed by atoms with Crippen LogP contribution in [0.15, 0.2) is 59.6 Å². The van der Waals surface area contributed by atoms with E-state index in [2.05, 4.69) is 22.4 Å². The van der Waals surface area contributed by atoms with Gasteiger partial charge in [0.15, 0.2) is 5.17 Å². The summed E-state index contributed by atoms with van der Waals surface area (Å²) < 4.78 is 0. The lowest BCUT2D eigenvalue weighted by Crippen LogP contribution is -2.25. The molecule has 0 saturated carbocycles. The van der Waals surface area contributed by atoms with Gasteiger partial charge in [0.25, 0.3) is 0 Å². The van der Waals surface area contributed by atoms with Gasteiger partial charge in [-0.1, -0.05) is 59.8 Å². The van der Waals surface area contributed by atoms with E-state index in [0.717, 1.165) is 18.5 Å². The number of rotatable bonds is 4. The molecule has 1 aliphatic heterocycles. The number of benzene rings is 2. The van der Waals surface area contributed by atoms with E-state index in [9.17, 15) is 4.79 Å². The van der Waals surface area contributed by atoms with Crippen LogP contribution in [-0.2, 0) is 11.2 Å². The highest BCUT2D eigenvalue weighted by Crippen LogP contribution is 2.26. The minimum absolute atomic E-state index is 0.0515. The molecule has 1 unspecified atom stereocenters. The minimum atomic E-state index is -0.0515. The fourth-order valence-electron chi connectivity index (χ4n) is 2.33. The second kappa shape index (κ2) is 6.79. The van der Waals surface area contributed by atoms with Crippen molar-refractivity contribution < 1.29 is 4.79 Å². The van der Waals surface area contributed by atoms with Crippen LogP contribution in [0.1, 0.15) is 17.5 Å². The van der Waals surface area contributed by atoms with Gasteiger partial charge in [0.2, 0.25) is 5.91 Å². The zero-order chi connectivity index (χ0) is 15.4. The van der Waals surface area contributed by atoms with Gasteiger partial charge in [-0.3, -0.25) is 4.79 Å². The number of aliphatic imine (C=N–C) groups is 1. The molecular weight excluding hydrogens is 292 g/mol. The van der Waals surface area contributed by atoms with E-state index in [1.54, 1.807) is 0 Å². The number of thioether (sulfide) groups is 1. The Bertz CT molecular complexity index is 680. The van der Waals surface area contributed by atoms with Crippen LogP contribution in [0.25, 0.3) is 0 Å². The topological polar surface area (TPSA) is 41.5 Å². The third kappa shape index (κ3) is 3.77. The summed E-state index contributed by atoms with van der Waals surface area (Å²) in [5.74, 6) is 0.0618. The standard InChI is InChI=1S/C18H18N2OS/c1-13-7-10-15(11-8-13)19-18-20-17(21)16(22-18)12-9-14-5-3-2-4-6-14/h2-8,10-11,16H,9,12H2,1H3,(H,19,20,21). The average molecular weight is 310 g/mol. The van der Waals surface area contributed by atoms with Crippen molar-refractivity contribution in [2.24, 2.45) is 4.99 Å². The quantitative estimate of drug-likeness (QED) is 0.932. The molecule has 3 rings (SSSR count). The summed E-state index contributed by atoms with van der Waals surface area (Å²) in [6, 6.07) is 18.2. The molecule has 1 amide bonds. The van der Waals surface area contributed by atoms with Crippen molar-refractivity contribution in [2.75, 3.05) is 0 Å². The molecule has 0 radical (unpaired) electrons. The Hall–Kier alpha value is -2.07. The molecule has 0 spiro atoms. The molecule has 1 atom stereocenters. The lowest BCUT2D eigenvalue weighted by molar-refractivity contribution is -0.118. The summed E-state index contributed by atoms with van der Waals surface area (Å²) >= 11 is 1.53. The molecule has 1 N–H and O–H groups in total. The van der Waals surface area contributed by atoms with Crippen LogP contribution in [0.4, 0.5) is 5.69 Å². The highest BCUT2D eigenvalue weighted by atomic mass is 32.2. The van der Waals surface area contributed by atoms with Crippen LogP contribution < -0.4 is 5.32 Å². The molecule has 0 aliphatic carbocycles. The van der Waals surface area contributed by atoms with Crippen molar-refractivity contribution in [3.63, 3.8) is 0 Å². The molecule has 2 aromatic rings. The zero-order valence-electron chi connectivity index (χ0n) is 12.5. The lowest BCUT2D eigenvalue weighted by atomic mass is 10.1. The van der Waals surface area contributed by atoms with E-state index >= 15 is 0 Å². The van der Waals surface area contributed by atoms with Crippen molar-refractivity contribution in [3.05, 3.63) is 65.7 Å². The van der Waals surface area contributed by atoms with Gasteiger partial charge in [-0.25, -0.2) is 4.99 Å². The maximum atomic E-state index is 12.0. The summed E-state index contributed by atoms with van der Waals surface area (Å²) in [6.45, 7) is 2.04. The van der Waals surface area contributed by atoms with E-state index in [1.807, 2.05) is 49.4 Å². The first-order valence-electron chi connectivity index (χ1n) is 7.37. The molecule has 1 fully saturated rings. The van der Waals surface area contributed by atoms with Crippen molar-refractivity contribution in [1.82, 2.24) is 5.32 Å². The smallest absolute Gasteiger partial charge is 0.239 e. The summed E-state index contributed by atoms with van der Waals surface area (Å²) in [7, 11) is 0. The first kappa shape index (κ1) is 14.9. The van der Waals surface area contributed by atoms with Gasteiger partial charge < -0.3 is 5.32 Å². The fraction of sp³-hybridized carbons (Fsp3) is 0.222. The number of hydrogen-bond donors (Lipinski definition) is 1. The fourth-order valence-corrected chi connectivity index (χ4v) is 3.32. The van der Waals surface area contributed by atoms with Crippen LogP contribution in [-0.4, -0.2) is 16.3 Å². The van der Waals surface area contributed by atoms with Crippen molar-refractivity contribution in [3.8, 4) is 0 Å². The maximum Gasteiger partial charge on any atom is 0.239 e. The van der Waals surface area contributed by atoms with Gasteiger partial charge in [-0.15, -0.1) is 0 Å². The Labute approximate surface area is 134 Å². The third-order valence-corrected chi connectivity index (χ3v) is 4.73. The van der Waals surface area contributed by atoms with Crippen LogP contribution >= 0.6 is 11.8 Å². The largest absolute Gasteiger partial charge is 0.304 e. The Balaban J connectivity index is 1.62. The predicted molar refractivity (Wildman–Crippen MR) is 92.6 cm³/mol. The van der Waals surface area contributed by atoms with Gasteiger partial charge in [-0.2, -0.15) is 0 Å². The van der Waals surface area contributed by atoms with E-state index in [4.69, 9.17) is 0 Å². The molecule has 1 saturated heterocycles. The molecule has 22 heavy (non-hydrogen) atoms. The van der Waals surface area contributed by atoms with Gasteiger partial charge >= 0.3 is 0 Å². The normalized spacial score (nSPS) is 19.4. The van der Waals surface area contributed by atoms with Crippen molar-refractivity contribution in [1.29, 1.82) is 0 Å². The summed E-state index contributed by atoms with van der Waals surface area (Å²) in [5, 5.41) is 3.53. The van der Waals surface area contributed by atoms with Crippen molar-refractivity contribution in [2.45, 2.75) is 25.0 Å². The molecule has 112 valence electrons. The van der Waals surface area contributed by atoms with Crippen LogP contribution in [0.2, 0.25) is 0 Å². The maximum absolute atomic E-state index is 12.0. The van der Waals surface area contributed by atoms with E-state index < -0.39 is 0 Å². The van der Waals surface area contributed by atoms with Gasteiger partial charge in [0.05, 0.1) is 10.9 Å². The van der Waals surface area contributed by atoms with E-state index in [1.165, 1.54) is 22.9 Å². The highest BCUT2D eigenvalue weighted by molar-refractivity contribution is 8.15. The Kier molecular flexibility index (Phi) is 4.59. The molecule has 1 heterocycles. The van der Waals surface area contributed by atoms with E-state index in [0.29, 0.717) is 5.17 Å². The second-order valence-corrected chi connectivity index (χ2v) is 6.56. The molecule has 2 aromatic carbocycles. The number of carbonyl (C=O) groups excluding carboxylic acids is 1. The Morgan fingerprint density at radius 1 is 1.09 bits per heavy atom. The Morgan fingerprint density at radius 2 is 1.82 bits per heavy atom. The number of nitrogens with one attached hydrogen (secondary N) is 1. The average Bonchev–Trinajstić information content (AvgIpc) is 2.88. The summed E-state index contributed by atoms with van der Waals surface area (Å²) in [6.07, 6.45) is 1.73. The monoisotopic (exact) mass is 310 g/mol. The predicted octanol–water partition coefficient (Wildman–Crippen LogP) is 3.85. The van der Waals surface area contributed by atoms with Crippen LogP contribution in [0.5, 0.6) is 0 Å². The number of hydrogen-bond acceptors (Lipinski definition) is 3. The summed E-state index contributed by atoms with van der Waals surface area (Å²) in [4.78, 5) is 16.5. The number of amidine groups is 1. The van der Waals surface area contributed by atoms with Crippen LogP contribution in [0.3, 0.4) is 0 Å². The first-order chi connectivity index (χ1) is 10.7. The lowest BCUT2D eigenvalue weighted by Gasteiger charge is -2.04. The second-order valence-electron chi connectivity index (χ2n) is 5.37. The molecule has 0 bridgehead atoms. The molecule has 0 aromatic heterocycles. The number of amides is 1. The number of aryl methyl sites for hydroxylation is 2. The van der Waals surface area contributed by atoms with Gasteiger partial charge in [0.1, 0.15) is 0 Å². The van der Waals surface area contributed by atoms with E-state index in [-0.39, 0.29) is 11.2 Å². The van der Waals surface area contributed by atoms with Crippen molar-refractivity contribution >= 4 is 28.5 Å².